The summed E-state index contributed by atoms with van der Waals surface area (Å²) in [6.45, 7) is 0.375. The van der Waals surface area contributed by atoms with E-state index >= 15 is 0 Å². The molecule has 0 radical (unpaired) electrons. The minimum Gasteiger partial charge on any atom is -0.477 e. The van der Waals surface area contributed by atoms with Crippen LogP contribution in [-0.2, 0) is 4.79 Å². The molecule has 1 atom stereocenters. The van der Waals surface area contributed by atoms with Gasteiger partial charge in [-0.05, 0) is 18.6 Å². The highest BCUT2D eigenvalue weighted by atomic mass is 16.5. The van der Waals surface area contributed by atoms with Crippen LogP contribution in [0.3, 0.4) is 0 Å². The summed E-state index contributed by atoms with van der Waals surface area (Å²) in [4.78, 5) is 35.2. The van der Waals surface area contributed by atoms with Crippen molar-refractivity contribution in [3.8, 4) is 0 Å². The van der Waals surface area contributed by atoms with E-state index in [1.54, 1.807) is 24.3 Å². The number of carboxylic acid groups (broad SMARTS) is 1. The number of aromatic amines is 1. The van der Waals surface area contributed by atoms with E-state index in [1.165, 1.54) is 0 Å². The number of carbonyl (C=O) groups is 2. The molecule has 1 fully saturated rings. The van der Waals surface area contributed by atoms with E-state index < -0.39 is 12.0 Å². The van der Waals surface area contributed by atoms with Crippen molar-refractivity contribution in [1.29, 1.82) is 0 Å². The number of para-hydroxylation sites is 1. The predicted molar refractivity (Wildman–Crippen MR) is 77.6 cm³/mol. The van der Waals surface area contributed by atoms with Gasteiger partial charge in [-0.15, -0.1) is 0 Å². The molecule has 0 bridgehead atoms. The number of carboxylic acids is 1. The molecular formula is C14H15N3O5. The molecule has 0 aliphatic carbocycles. The van der Waals surface area contributed by atoms with Crippen molar-refractivity contribution in [3.05, 3.63) is 46.2 Å². The van der Waals surface area contributed by atoms with Gasteiger partial charge in [-0.25, -0.2) is 9.86 Å². The molecule has 5 N–H and O–H groups in total. The number of nitrogens with zero attached hydrogens (tertiary/aromatic N) is 1. The molecular weight excluding hydrogens is 290 g/mol. The van der Waals surface area contributed by atoms with E-state index in [2.05, 4.69) is 4.98 Å². The van der Waals surface area contributed by atoms with Crippen LogP contribution in [-0.4, -0.2) is 44.8 Å². The minimum absolute atomic E-state index is 0.0892. The normalized spacial score (nSPS) is 17.3. The average Bonchev–Trinajstić information content (AvgIpc) is 2.79. The Balaban J connectivity index is 0.000000188. The number of pyridine rings is 1. The number of fused-ring (bicyclic) bond motifs is 1. The zero-order valence-corrected chi connectivity index (χ0v) is 11.5. The molecule has 2 heterocycles. The Morgan fingerprint density at radius 1 is 1.32 bits per heavy atom. The van der Waals surface area contributed by atoms with Gasteiger partial charge in [0, 0.05) is 17.0 Å². The molecule has 1 aliphatic rings. The number of benzene rings is 1. The van der Waals surface area contributed by atoms with Crippen molar-refractivity contribution in [3.63, 3.8) is 0 Å². The summed E-state index contributed by atoms with van der Waals surface area (Å²) in [6, 6.07) is 7.41. The van der Waals surface area contributed by atoms with Gasteiger partial charge in [0.05, 0.1) is 12.6 Å². The van der Waals surface area contributed by atoms with Crippen molar-refractivity contribution in [2.75, 3.05) is 6.54 Å². The van der Waals surface area contributed by atoms with Gasteiger partial charge in [-0.2, -0.15) is 0 Å². The lowest BCUT2D eigenvalue weighted by atomic mass is 10.2. The summed E-state index contributed by atoms with van der Waals surface area (Å²) in [7, 11) is 0. The Morgan fingerprint density at radius 2 is 2.00 bits per heavy atom. The number of amides is 1. The SMILES string of the molecule is NC1CCN(O)C1=O.O=C(O)c1cc(=O)c2ccccc2[nH]1. The number of aromatic nitrogens is 1. The number of aromatic carboxylic acids is 1. The molecule has 1 aliphatic heterocycles. The van der Waals surface area contributed by atoms with Crippen molar-refractivity contribution in [2.45, 2.75) is 12.5 Å². The average molecular weight is 305 g/mol. The molecule has 22 heavy (non-hydrogen) atoms. The van der Waals surface area contributed by atoms with Crippen LogP contribution in [0.1, 0.15) is 16.9 Å². The van der Waals surface area contributed by atoms with Crippen molar-refractivity contribution in [2.24, 2.45) is 5.73 Å². The molecule has 0 saturated carbocycles. The van der Waals surface area contributed by atoms with Gasteiger partial charge in [-0.3, -0.25) is 14.8 Å². The molecule has 116 valence electrons. The highest BCUT2D eigenvalue weighted by Crippen LogP contribution is 2.07. The Labute approximate surface area is 124 Å². The van der Waals surface area contributed by atoms with Crippen molar-refractivity contribution < 1.29 is 19.9 Å². The van der Waals surface area contributed by atoms with Crippen LogP contribution >= 0.6 is 0 Å². The second-order valence-corrected chi connectivity index (χ2v) is 4.75. The van der Waals surface area contributed by atoms with Crippen LogP contribution in [0.2, 0.25) is 0 Å². The minimum atomic E-state index is -1.13. The summed E-state index contributed by atoms with van der Waals surface area (Å²) in [6.07, 6.45) is 0.565. The number of hydrogen-bond donors (Lipinski definition) is 4. The topological polar surface area (TPSA) is 137 Å². The summed E-state index contributed by atoms with van der Waals surface area (Å²) in [5.41, 5.74) is 5.39. The summed E-state index contributed by atoms with van der Waals surface area (Å²) < 4.78 is 0. The maximum absolute atomic E-state index is 11.4. The van der Waals surface area contributed by atoms with E-state index in [1.807, 2.05) is 0 Å². The molecule has 1 amide bonds. The van der Waals surface area contributed by atoms with Gasteiger partial charge in [0.2, 0.25) is 0 Å². The molecule has 3 rings (SSSR count). The van der Waals surface area contributed by atoms with Crippen LogP contribution in [0.4, 0.5) is 0 Å². The Kier molecular flexibility index (Phi) is 4.54. The maximum atomic E-state index is 11.4. The molecule has 1 aromatic heterocycles. The summed E-state index contributed by atoms with van der Waals surface area (Å²) in [5.74, 6) is -1.50. The fourth-order valence-electron chi connectivity index (χ4n) is 2.00. The Hall–Kier alpha value is -2.71. The summed E-state index contributed by atoms with van der Waals surface area (Å²) in [5, 5.41) is 18.4. The molecule has 1 aromatic carbocycles. The number of nitrogens with one attached hydrogen (secondary N) is 1. The lowest BCUT2D eigenvalue weighted by Gasteiger charge is -2.02. The lowest BCUT2D eigenvalue weighted by molar-refractivity contribution is -0.157. The van der Waals surface area contributed by atoms with Gasteiger partial charge in [0.15, 0.2) is 5.43 Å². The number of hydrogen-bond acceptors (Lipinski definition) is 5. The van der Waals surface area contributed by atoms with Gasteiger partial charge in [-0.1, -0.05) is 12.1 Å². The first kappa shape index (κ1) is 15.7. The highest BCUT2D eigenvalue weighted by molar-refractivity contribution is 5.89. The number of rotatable bonds is 1. The fourth-order valence-corrected chi connectivity index (χ4v) is 2.00. The van der Waals surface area contributed by atoms with E-state index in [9.17, 15) is 14.4 Å². The maximum Gasteiger partial charge on any atom is 0.352 e. The van der Waals surface area contributed by atoms with Crippen LogP contribution in [0, 0.1) is 0 Å². The van der Waals surface area contributed by atoms with E-state index in [-0.39, 0.29) is 17.0 Å². The third-order valence-electron chi connectivity index (χ3n) is 3.19. The standard InChI is InChI=1S/C10H7NO3.C4H8N2O2/c12-9-5-8(10(13)14)11-7-4-2-1-3-6(7)9;5-3-1-2-6(8)4(3)7/h1-5H,(H,11,12)(H,13,14);3,8H,1-2,5H2. The monoisotopic (exact) mass is 305 g/mol. The molecule has 0 spiro atoms. The van der Waals surface area contributed by atoms with E-state index in [4.69, 9.17) is 16.0 Å². The largest absolute Gasteiger partial charge is 0.477 e. The van der Waals surface area contributed by atoms with Crippen molar-refractivity contribution >= 4 is 22.8 Å². The first-order valence-electron chi connectivity index (χ1n) is 6.51. The zero-order chi connectivity index (χ0) is 16.3. The second-order valence-electron chi connectivity index (χ2n) is 4.75. The van der Waals surface area contributed by atoms with E-state index in [0.29, 0.717) is 28.9 Å². The number of hydroxylamine groups is 2. The Bertz CT molecular complexity index is 758. The molecule has 2 aromatic rings. The molecule has 8 nitrogen and oxygen atoms in total. The number of H-pyrrole nitrogens is 1. The fraction of sp³-hybridized carbons (Fsp3) is 0.214. The second kappa shape index (κ2) is 6.37. The van der Waals surface area contributed by atoms with Gasteiger partial charge >= 0.3 is 5.97 Å². The van der Waals surface area contributed by atoms with Gasteiger partial charge < -0.3 is 15.8 Å². The van der Waals surface area contributed by atoms with Gasteiger partial charge in [0.25, 0.3) is 5.91 Å². The third kappa shape index (κ3) is 3.30. The van der Waals surface area contributed by atoms with Gasteiger partial charge in [0.1, 0.15) is 5.69 Å². The zero-order valence-electron chi connectivity index (χ0n) is 11.5. The number of nitrogens with two attached hydrogens (primary N) is 1. The first-order chi connectivity index (χ1) is 10.4. The quantitative estimate of drug-likeness (QED) is 0.554. The first-order valence-corrected chi connectivity index (χ1v) is 6.51. The molecule has 1 unspecified atom stereocenters. The molecule has 8 heteroatoms. The van der Waals surface area contributed by atoms with Crippen LogP contribution in [0.15, 0.2) is 35.1 Å². The summed E-state index contributed by atoms with van der Waals surface area (Å²) >= 11 is 0. The Morgan fingerprint density at radius 3 is 2.50 bits per heavy atom. The smallest absolute Gasteiger partial charge is 0.352 e. The predicted octanol–water partition coefficient (Wildman–Crippen LogP) is 0.162. The van der Waals surface area contributed by atoms with Crippen LogP contribution in [0.5, 0.6) is 0 Å². The number of carbonyl (C=O) groups excluding carboxylic acids is 1. The third-order valence-corrected chi connectivity index (χ3v) is 3.19. The lowest BCUT2D eigenvalue weighted by Crippen LogP contribution is -2.31. The van der Waals surface area contributed by atoms with Crippen LogP contribution in [0.25, 0.3) is 10.9 Å². The van der Waals surface area contributed by atoms with Crippen LogP contribution < -0.4 is 11.2 Å². The van der Waals surface area contributed by atoms with E-state index in [0.717, 1.165) is 6.07 Å². The van der Waals surface area contributed by atoms with Crippen molar-refractivity contribution in [1.82, 2.24) is 10.0 Å². The highest BCUT2D eigenvalue weighted by Gasteiger charge is 2.26. The molecule has 1 saturated heterocycles.